The van der Waals surface area contributed by atoms with Crippen LogP contribution in [0.2, 0.25) is 0 Å². The molecule has 0 radical (unpaired) electrons. The van der Waals surface area contributed by atoms with Gasteiger partial charge < -0.3 is 9.30 Å². The van der Waals surface area contributed by atoms with Crippen LogP contribution in [0.15, 0.2) is 47.6 Å². The van der Waals surface area contributed by atoms with Gasteiger partial charge in [0.15, 0.2) is 28.4 Å². The normalized spacial score (nSPS) is 10.8. The maximum Gasteiger partial charge on any atom is 0.191 e. The van der Waals surface area contributed by atoms with Crippen LogP contribution >= 0.6 is 11.8 Å². The van der Waals surface area contributed by atoms with Crippen LogP contribution in [0.5, 0.6) is 5.75 Å². The van der Waals surface area contributed by atoms with Crippen LogP contribution in [0.3, 0.4) is 0 Å². The van der Waals surface area contributed by atoms with Crippen LogP contribution in [0.25, 0.3) is 11.4 Å². The molecule has 0 aliphatic rings. The van der Waals surface area contributed by atoms with E-state index in [9.17, 15) is 13.6 Å². The van der Waals surface area contributed by atoms with Gasteiger partial charge in [0.25, 0.3) is 0 Å². The summed E-state index contributed by atoms with van der Waals surface area (Å²) in [4.78, 5) is 12.2. The minimum atomic E-state index is -1.04. The Morgan fingerprint density at radius 1 is 1.12 bits per heavy atom. The van der Waals surface area contributed by atoms with E-state index in [1.807, 2.05) is 24.3 Å². The molecule has 0 unspecified atom stereocenters. The standard InChI is InChI=1S/C18H15F2N3O2S/c1-23-17(11-3-6-13(25-2)7-4-11)21-22-18(23)26-10-16(24)12-5-8-14(19)15(20)9-12/h3-9H,10H2,1-2H3. The molecule has 0 saturated heterocycles. The van der Waals surface area contributed by atoms with Gasteiger partial charge in [-0.25, -0.2) is 8.78 Å². The topological polar surface area (TPSA) is 57.0 Å². The Labute approximate surface area is 153 Å². The Morgan fingerprint density at radius 3 is 2.50 bits per heavy atom. The van der Waals surface area contributed by atoms with Gasteiger partial charge in [-0.05, 0) is 42.5 Å². The van der Waals surface area contributed by atoms with Crippen LogP contribution in [0, 0.1) is 11.6 Å². The average molecular weight is 375 g/mol. The van der Waals surface area contributed by atoms with Crippen molar-refractivity contribution in [2.75, 3.05) is 12.9 Å². The van der Waals surface area contributed by atoms with Gasteiger partial charge in [0.05, 0.1) is 12.9 Å². The number of aromatic nitrogens is 3. The summed E-state index contributed by atoms with van der Waals surface area (Å²) in [6.45, 7) is 0. The Balaban J connectivity index is 1.71. The van der Waals surface area contributed by atoms with Gasteiger partial charge in [-0.1, -0.05) is 11.8 Å². The average Bonchev–Trinajstić information content (AvgIpc) is 3.02. The molecule has 26 heavy (non-hydrogen) atoms. The monoisotopic (exact) mass is 375 g/mol. The number of thioether (sulfide) groups is 1. The molecule has 134 valence electrons. The van der Waals surface area contributed by atoms with Crippen LogP contribution in [0.4, 0.5) is 8.78 Å². The molecule has 1 aromatic heterocycles. The fourth-order valence-corrected chi connectivity index (χ4v) is 3.12. The van der Waals surface area contributed by atoms with Gasteiger partial charge in [-0.3, -0.25) is 4.79 Å². The van der Waals surface area contributed by atoms with E-state index in [2.05, 4.69) is 10.2 Å². The number of nitrogens with zero attached hydrogens (tertiary/aromatic N) is 3. The van der Waals surface area contributed by atoms with Crippen molar-refractivity contribution in [1.82, 2.24) is 14.8 Å². The summed E-state index contributed by atoms with van der Waals surface area (Å²) in [7, 11) is 3.39. The molecule has 0 spiro atoms. The summed E-state index contributed by atoms with van der Waals surface area (Å²) >= 11 is 1.18. The SMILES string of the molecule is COc1ccc(-c2nnc(SCC(=O)c3ccc(F)c(F)c3)n2C)cc1. The smallest absolute Gasteiger partial charge is 0.191 e. The first kappa shape index (κ1) is 18.1. The summed E-state index contributed by atoms with van der Waals surface area (Å²) in [5, 5.41) is 8.79. The minimum absolute atomic E-state index is 0.0413. The summed E-state index contributed by atoms with van der Waals surface area (Å²) in [5.74, 6) is -0.909. The molecule has 0 aliphatic heterocycles. The van der Waals surface area contributed by atoms with Crippen LogP contribution < -0.4 is 4.74 Å². The zero-order chi connectivity index (χ0) is 18.7. The van der Waals surface area contributed by atoms with Gasteiger partial charge in [0, 0.05) is 18.2 Å². The number of carbonyl (C=O) groups excluding carboxylic acids is 1. The van der Waals surface area contributed by atoms with Gasteiger partial charge in [-0.15, -0.1) is 10.2 Å². The van der Waals surface area contributed by atoms with Crippen molar-refractivity contribution in [3.05, 3.63) is 59.7 Å². The van der Waals surface area contributed by atoms with Crippen molar-refractivity contribution < 1.29 is 18.3 Å². The summed E-state index contributed by atoms with van der Waals surface area (Å²) in [6, 6.07) is 10.5. The number of methoxy groups -OCH3 is 1. The predicted octanol–water partition coefficient (Wildman–Crippen LogP) is 3.74. The van der Waals surface area contributed by atoms with Gasteiger partial charge >= 0.3 is 0 Å². The first-order valence-electron chi connectivity index (χ1n) is 7.64. The Morgan fingerprint density at radius 2 is 1.85 bits per heavy atom. The summed E-state index contributed by atoms with van der Waals surface area (Å²) in [6.07, 6.45) is 0. The quantitative estimate of drug-likeness (QED) is 0.485. The van der Waals surface area contributed by atoms with Crippen molar-refractivity contribution >= 4 is 17.5 Å². The Kier molecular flexibility index (Phi) is 5.32. The summed E-state index contributed by atoms with van der Waals surface area (Å²) in [5.41, 5.74) is 0.980. The second kappa shape index (κ2) is 7.65. The van der Waals surface area contributed by atoms with E-state index in [0.29, 0.717) is 11.0 Å². The zero-order valence-electron chi connectivity index (χ0n) is 14.1. The van der Waals surface area contributed by atoms with E-state index < -0.39 is 11.6 Å². The number of rotatable bonds is 6. The zero-order valence-corrected chi connectivity index (χ0v) is 14.9. The lowest BCUT2D eigenvalue weighted by Crippen LogP contribution is -2.05. The minimum Gasteiger partial charge on any atom is -0.497 e. The molecule has 0 fully saturated rings. The molecular formula is C18H15F2N3O2S. The third-order valence-electron chi connectivity index (χ3n) is 3.76. The van der Waals surface area contributed by atoms with Crippen LogP contribution in [-0.2, 0) is 7.05 Å². The molecule has 1 heterocycles. The number of halogens is 2. The maximum absolute atomic E-state index is 13.2. The van der Waals surface area contributed by atoms with Crippen LogP contribution in [0.1, 0.15) is 10.4 Å². The van der Waals surface area contributed by atoms with Gasteiger partial charge in [0.2, 0.25) is 0 Å². The van der Waals surface area contributed by atoms with E-state index in [1.165, 1.54) is 17.8 Å². The highest BCUT2D eigenvalue weighted by Crippen LogP contribution is 2.25. The molecule has 2 aromatic carbocycles. The lowest BCUT2D eigenvalue weighted by atomic mass is 10.1. The third-order valence-corrected chi connectivity index (χ3v) is 4.78. The van der Waals surface area contributed by atoms with Crippen molar-refractivity contribution in [1.29, 1.82) is 0 Å². The molecule has 0 saturated carbocycles. The Bertz CT molecular complexity index is 942. The fourth-order valence-electron chi connectivity index (χ4n) is 2.32. The molecule has 5 nitrogen and oxygen atoms in total. The molecule has 8 heteroatoms. The largest absolute Gasteiger partial charge is 0.497 e. The van der Waals surface area contributed by atoms with E-state index in [4.69, 9.17) is 4.74 Å². The van der Waals surface area contributed by atoms with Gasteiger partial charge in [-0.2, -0.15) is 0 Å². The molecule has 3 aromatic rings. The lowest BCUT2D eigenvalue weighted by Gasteiger charge is -2.05. The highest BCUT2D eigenvalue weighted by molar-refractivity contribution is 7.99. The van der Waals surface area contributed by atoms with Crippen LogP contribution in [-0.4, -0.2) is 33.4 Å². The van der Waals surface area contributed by atoms with Crippen molar-refractivity contribution in [3.8, 4) is 17.1 Å². The highest BCUT2D eigenvalue weighted by Gasteiger charge is 2.15. The lowest BCUT2D eigenvalue weighted by molar-refractivity contribution is 0.102. The molecular weight excluding hydrogens is 360 g/mol. The van der Waals surface area contributed by atoms with E-state index in [-0.39, 0.29) is 17.1 Å². The maximum atomic E-state index is 13.2. The van der Waals surface area contributed by atoms with E-state index in [0.717, 1.165) is 23.4 Å². The highest BCUT2D eigenvalue weighted by atomic mass is 32.2. The second-order valence-corrected chi connectivity index (χ2v) is 6.38. The van der Waals surface area contributed by atoms with Crippen molar-refractivity contribution in [2.24, 2.45) is 7.05 Å². The number of ketones is 1. The second-order valence-electron chi connectivity index (χ2n) is 5.43. The molecule has 0 bridgehead atoms. The summed E-state index contributed by atoms with van der Waals surface area (Å²) < 4.78 is 33.1. The number of benzene rings is 2. The number of ether oxygens (including phenoxy) is 1. The molecule has 0 aliphatic carbocycles. The van der Waals surface area contributed by atoms with E-state index >= 15 is 0 Å². The number of carbonyl (C=O) groups is 1. The molecule has 3 rings (SSSR count). The predicted molar refractivity (Wildman–Crippen MR) is 94.4 cm³/mol. The number of hydrogen-bond donors (Lipinski definition) is 0. The first-order valence-corrected chi connectivity index (χ1v) is 8.63. The molecule has 0 amide bonds. The Hall–Kier alpha value is -2.74. The first-order chi connectivity index (χ1) is 12.5. The fraction of sp³-hybridized carbons (Fsp3) is 0.167. The van der Waals surface area contributed by atoms with E-state index in [1.54, 1.807) is 18.7 Å². The molecule has 0 N–H and O–H groups in total. The number of Topliss-reactive ketones (excluding diaryl/α,β-unsaturated/α-hetero) is 1. The van der Waals surface area contributed by atoms with Crippen molar-refractivity contribution in [2.45, 2.75) is 5.16 Å². The number of hydrogen-bond acceptors (Lipinski definition) is 5. The molecule has 0 atom stereocenters. The van der Waals surface area contributed by atoms with Crippen molar-refractivity contribution in [3.63, 3.8) is 0 Å². The van der Waals surface area contributed by atoms with Gasteiger partial charge in [0.1, 0.15) is 5.75 Å². The third kappa shape index (κ3) is 3.75.